The average molecular weight is 305 g/mol. The zero-order chi connectivity index (χ0) is 14.7. The summed E-state index contributed by atoms with van der Waals surface area (Å²) in [7, 11) is 0. The minimum absolute atomic E-state index is 0.261. The van der Waals surface area contributed by atoms with E-state index in [0.29, 0.717) is 11.4 Å². The van der Waals surface area contributed by atoms with Gasteiger partial charge in [0.25, 0.3) is 0 Å². The molecule has 6 heteroatoms. The molecule has 0 fully saturated rings. The maximum atomic E-state index is 5.87. The molecule has 0 unspecified atom stereocenters. The number of rotatable bonds is 4. The zero-order valence-corrected chi connectivity index (χ0v) is 13.1. The Morgan fingerprint density at radius 3 is 2.60 bits per heavy atom. The number of benzene rings is 1. The normalized spacial score (nSPS) is 10.3. The van der Waals surface area contributed by atoms with E-state index in [2.05, 4.69) is 10.2 Å². The average Bonchev–Trinajstić information content (AvgIpc) is 2.43. The fourth-order valence-electron chi connectivity index (χ4n) is 1.76. The maximum absolute atomic E-state index is 5.87. The number of thiocarbonyl (C=S) groups is 1. The van der Waals surface area contributed by atoms with E-state index in [1.54, 1.807) is 11.8 Å². The van der Waals surface area contributed by atoms with Crippen LogP contribution in [0.4, 0.5) is 0 Å². The number of ether oxygens (including phenoxy) is 1. The molecule has 2 rings (SSSR count). The molecule has 2 aromatic rings. The highest BCUT2D eigenvalue weighted by Gasteiger charge is 2.16. The van der Waals surface area contributed by atoms with Gasteiger partial charge in [0, 0.05) is 4.90 Å². The fourth-order valence-corrected chi connectivity index (χ4v) is 2.52. The van der Waals surface area contributed by atoms with Gasteiger partial charge in [-0.25, -0.2) is 0 Å². The second-order valence-corrected chi connectivity index (χ2v) is 5.50. The molecule has 1 aromatic carbocycles. The van der Waals surface area contributed by atoms with Crippen LogP contribution >= 0.6 is 24.0 Å². The second kappa shape index (κ2) is 6.19. The molecule has 0 saturated carbocycles. The summed E-state index contributed by atoms with van der Waals surface area (Å²) in [6.07, 6.45) is 1.99. The van der Waals surface area contributed by atoms with Gasteiger partial charge in [-0.15, -0.1) is 16.9 Å². The Kier molecular flexibility index (Phi) is 4.57. The lowest BCUT2D eigenvalue weighted by atomic mass is 10.1. The second-order valence-electron chi connectivity index (χ2n) is 4.21. The molecule has 1 heterocycles. The van der Waals surface area contributed by atoms with E-state index >= 15 is 0 Å². The molecule has 0 aliphatic heterocycles. The first-order chi connectivity index (χ1) is 9.54. The number of hydrogen-bond acceptors (Lipinski definition) is 5. The van der Waals surface area contributed by atoms with Crippen molar-refractivity contribution in [2.24, 2.45) is 5.73 Å². The van der Waals surface area contributed by atoms with Gasteiger partial charge in [0.1, 0.15) is 10.7 Å². The summed E-state index contributed by atoms with van der Waals surface area (Å²) in [5.41, 5.74) is 8.11. The highest BCUT2D eigenvalue weighted by molar-refractivity contribution is 7.98. The fraction of sp³-hybridized carbons (Fsp3) is 0.214. The Labute approximate surface area is 127 Å². The van der Waals surface area contributed by atoms with Gasteiger partial charge in [-0.1, -0.05) is 24.4 Å². The molecule has 0 radical (unpaired) electrons. The van der Waals surface area contributed by atoms with Crippen LogP contribution in [0.25, 0.3) is 0 Å². The largest absolute Gasteiger partial charge is 0.436 e. The summed E-state index contributed by atoms with van der Waals surface area (Å²) in [6, 6.07) is 7.73. The third-order valence-electron chi connectivity index (χ3n) is 2.94. The molecule has 0 bridgehead atoms. The van der Waals surface area contributed by atoms with Crippen LogP contribution in [0, 0.1) is 13.8 Å². The van der Waals surface area contributed by atoms with Gasteiger partial charge in [-0.2, -0.15) is 5.10 Å². The van der Waals surface area contributed by atoms with Crippen molar-refractivity contribution in [3.63, 3.8) is 0 Å². The van der Waals surface area contributed by atoms with E-state index in [0.717, 1.165) is 21.9 Å². The summed E-state index contributed by atoms with van der Waals surface area (Å²) in [5, 5.41) is 8.16. The van der Waals surface area contributed by atoms with Crippen LogP contribution in [-0.4, -0.2) is 21.4 Å². The maximum Gasteiger partial charge on any atom is 0.249 e. The van der Waals surface area contributed by atoms with E-state index in [-0.39, 0.29) is 4.99 Å². The molecule has 0 aliphatic rings. The molecule has 2 N–H and O–H groups in total. The molecule has 0 saturated heterocycles. The van der Waals surface area contributed by atoms with Crippen molar-refractivity contribution in [2.45, 2.75) is 18.7 Å². The SMILES string of the molecule is CSc1ccccc1Oc1nnc(C)c(C)c1C(N)=S. The van der Waals surface area contributed by atoms with Crippen LogP contribution < -0.4 is 10.5 Å². The third kappa shape index (κ3) is 2.91. The van der Waals surface area contributed by atoms with Gasteiger partial charge in [-0.05, 0) is 37.8 Å². The third-order valence-corrected chi connectivity index (χ3v) is 3.93. The van der Waals surface area contributed by atoms with Crippen molar-refractivity contribution < 1.29 is 4.74 Å². The van der Waals surface area contributed by atoms with E-state index < -0.39 is 0 Å². The highest BCUT2D eigenvalue weighted by Crippen LogP contribution is 2.32. The van der Waals surface area contributed by atoms with Crippen LogP contribution in [0.1, 0.15) is 16.8 Å². The van der Waals surface area contributed by atoms with Crippen LogP contribution in [0.15, 0.2) is 29.2 Å². The molecule has 0 amide bonds. The predicted molar refractivity (Wildman–Crippen MR) is 85.7 cm³/mol. The zero-order valence-electron chi connectivity index (χ0n) is 11.5. The Bertz CT molecular complexity index is 659. The van der Waals surface area contributed by atoms with Crippen molar-refractivity contribution in [3.05, 3.63) is 41.1 Å². The molecule has 4 nitrogen and oxygen atoms in total. The minimum atomic E-state index is 0.261. The van der Waals surface area contributed by atoms with E-state index in [1.807, 2.05) is 44.4 Å². The summed E-state index contributed by atoms with van der Waals surface area (Å²) >= 11 is 6.70. The molecule has 1 aromatic heterocycles. The summed E-state index contributed by atoms with van der Waals surface area (Å²) < 4.78 is 5.87. The number of aromatic nitrogens is 2. The molecule has 104 valence electrons. The standard InChI is InChI=1S/C14H15N3OS2/c1-8-9(2)16-17-14(12(8)13(15)19)18-10-6-4-5-7-11(10)20-3/h4-7H,1-3H3,(H2,15,19). The molecular weight excluding hydrogens is 290 g/mol. The number of nitrogens with two attached hydrogens (primary N) is 1. The molecule has 0 spiro atoms. The monoisotopic (exact) mass is 305 g/mol. The van der Waals surface area contributed by atoms with Crippen molar-refractivity contribution in [1.29, 1.82) is 0 Å². The van der Waals surface area contributed by atoms with Gasteiger partial charge in [0.05, 0.1) is 11.3 Å². The highest BCUT2D eigenvalue weighted by atomic mass is 32.2. The summed E-state index contributed by atoms with van der Waals surface area (Å²) in [6.45, 7) is 3.77. The lowest BCUT2D eigenvalue weighted by molar-refractivity contribution is 0.442. The number of para-hydroxylation sites is 1. The lowest BCUT2D eigenvalue weighted by Gasteiger charge is -2.13. The first-order valence-corrected chi connectivity index (χ1v) is 7.62. The van der Waals surface area contributed by atoms with Crippen molar-refractivity contribution in [2.75, 3.05) is 6.26 Å². The first kappa shape index (κ1) is 14.7. The van der Waals surface area contributed by atoms with E-state index in [9.17, 15) is 0 Å². The summed E-state index contributed by atoms with van der Waals surface area (Å²) in [4.78, 5) is 1.28. The Morgan fingerprint density at radius 2 is 1.95 bits per heavy atom. The van der Waals surface area contributed by atoms with Crippen molar-refractivity contribution >= 4 is 29.0 Å². The number of nitrogens with zero attached hydrogens (tertiary/aromatic N) is 2. The molecule has 0 aliphatic carbocycles. The van der Waals surface area contributed by atoms with Gasteiger partial charge < -0.3 is 10.5 Å². The van der Waals surface area contributed by atoms with E-state index in [1.165, 1.54) is 0 Å². The van der Waals surface area contributed by atoms with Gasteiger partial charge in [0.15, 0.2) is 0 Å². The van der Waals surface area contributed by atoms with Crippen molar-refractivity contribution in [3.8, 4) is 11.6 Å². The summed E-state index contributed by atoms with van der Waals surface area (Å²) in [5.74, 6) is 1.07. The number of hydrogen-bond donors (Lipinski definition) is 1. The van der Waals surface area contributed by atoms with Crippen LogP contribution in [0.3, 0.4) is 0 Å². The first-order valence-electron chi connectivity index (χ1n) is 5.99. The van der Waals surface area contributed by atoms with Crippen LogP contribution in [-0.2, 0) is 0 Å². The Morgan fingerprint density at radius 1 is 1.25 bits per heavy atom. The quantitative estimate of drug-likeness (QED) is 0.691. The Balaban J connectivity index is 2.49. The number of thioether (sulfide) groups is 1. The Hall–Kier alpha value is -1.66. The minimum Gasteiger partial charge on any atom is -0.436 e. The smallest absolute Gasteiger partial charge is 0.249 e. The van der Waals surface area contributed by atoms with Gasteiger partial charge in [-0.3, -0.25) is 0 Å². The van der Waals surface area contributed by atoms with Gasteiger partial charge >= 0.3 is 0 Å². The topological polar surface area (TPSA) is 61.0 Å². The molecule has 20 heavy (non-hydrogen) atoms. The van der Waals surface area contributed by atoms with Crippen molar-refractivity contribution in [1.82, 2.24) is 10.2 Å². The van der Waals surface area contributed by atoms with E-state index in [4.69, 9.17) is 22.7 Å². The lowest BCUT2D eigenvalue weighted by Crippen LogP contribution is -2.15. The van der Waals surface area contributed by atoms with Crippen LogP contribution in [0.5, 0.6) is 11.6 Å². The molecular formula is C14H15N3OS2. The van der Waals surface area contributed by atoms with Crippen LogP contribution in [0.2, 0.25) is 0 Å². The van der Waals surface area contributed by atoms with Gasteiger partial charge in [0.2, 0.25) is 5.88 Å². The number of aryl methyl sites for hydroxylation is 1. The predicted octanol–water partition coefficient (Wildman–Crippen LogP) is 3.24. The molecule has 0 atom stereocenters.